The molecule has 0 spiro atoms. The summed E-state index contributed by atoms with van der Waals surface area (Å²) in [4.78, 5) is 12.6. The van der Waals surface area contributed by atoms with E-state index in [0.717, 1.165) is 32.1 Å². The van der Waals surface area contributed by atoms with Crippen molar-refractivity contribution >= 4 is 5.78 Å². The van der Waals surface area contributed by atoms with Crippen LogP contribution in [0.1, 0.15) is 80.6 Å². The number of aliphatic hydroxyl groups excluding tert-OH is 1. The Kier molecular flexibility index (Phi) is 6.82. The summed E-state index contributed by atoms with van der Waals surface area (Å²) in [5.74, 6) is 0.424. The van der Waals surface area contributed by atoms with Crippen LogP contribution in [-0.2, 0) is 4.79 Å². The van der Waals surface area contributed by atoms with Crippen LogP contribution in [0.5, 0.6) is 0 Å². The van der Waals surface area contributed by atoms with Crippen LogP contribution < -0.4 is 0 Å². The Labute approximate surface area is 119 Å². The van der Waals surface area contributed by atoms with Crippen LogP contribution in [0.15, 0.2) is 11.3 Å². The topological polar surface area (TPSA) is 37.3 Å². The normalized spacial score (nSPS) is 14.3. The zero-order chi connectivity index (χ0) is 15.3. The van der Waals surface area contributed by atoms with Crippen molar-refractivity contribution in [2.75, 3.05) is 0 Å². The Balaban J connectivity index is 5.64. The average molecular weight is 268 g/mol. The summed E-state index contributed by atoms with van der Waals surface area (Å²) in [5, 5.41) is 10.6. The fourth-order valence-corrected chi connectivity index (χ4v) is 2.78. The van der Waals surface area contributed by atoms with Gasteiger partial charge in [-0.15, -0.1) is 0 Å². The molecule has 1 N–H and O–H groups in total. The van der Waals surface area contributed by atoms with Gasteiger partial charge >= 0.3 is 0 Å². The van der Waals surface area contributed by atoms with Crippen LogP contribution in [-0.4, -0.2) is 10.9 Å². The molecule has 0 aliphatic rings. The smallest absolute Gasteiger partial charge is 0.167 e. The molecule has 0 aromatic carbocycles. The molecule has 2 nitrogen and oxygen atoms in total. The van der Waals surface area contributed by atoms with E-state index in [4.69, 9.17) is 0 Å². The molecule has 0 amide bonds. The summed E-state index contributed by atoms with van der Waals surface area (Å²) < 4.78 is 0. The van der Waals surface area contributed by atoms with Crippen LogP contribution in [0.3, 0.4) is 0 Å². The lowest BCUT2D eigenvalue weighted by atomic mass is 9.72. The predicted octanol–water partition coefficient (Wildman–Crippen LogP) is 5.43. The summed E-state index contributed by atoms with van der Waals surface area (Å²) >= 11 is 0. The highest BCUT2D eigenvalue weighted by Crippen LogP contribution is 2.40. The standard InChI is InChI=1S/C17H32O2/c1-8-16(7,9-2)14(18)13(6)15(19)17(10-3,11-4)12-5/h19H,8-12H2,1-7H3/b15-13-. The van der Waals surface area contributed by atoms with Crippen molar-refractivity contribution in [1.82, 2.24) is 0 Å². The van der Waals surface area contributed by atoms with E-state index in [1.165, 1.54) is 0 Å². The predicted molar refractivity (Wildman–Crippen MR) is 82.3 cm³/mol. The Morgan fingerprint density at radius 3 is 1.53 bits per heavy atom. The van der Waals surface area contributed by atoms with Gasteiger partial charge in [-0.05, 0) is 39.0 Å². The van der Waals surface area contributed by atoms with Crippen molar-refractivity contribution in [3.8, 4) is 0 Å². The highest BCUT2D eigenvalue weighted by molar-refractivity contribution is 5.99. The van der Waals surface area contributed by atoms with E-state index in [0.29, 0.717) is 11.3 Å². The third-order valence-electron chi connectivity index (χ3n) is 5.34. The van der Waals surface area contributed by atoms with Crippen molar-refractivity contribution in [3.05, 3.63) is 11.3 Å². The molecule has 0 saturated heterocycles. The van der Waals surface area contributed by atoms with Crippen molar-refractivity contribution in [1.29, 1.82) is 0 Å². The van der Waals surface area contributed by atoms with E-state index in [-0.39, 0.29) is 16.6 Å². The van der Waals surface area contributed by atoms with Gasteiger partial charge in [0.15, 0.2) is 5.78 Å². The summed E-state index contributed by atoms with van der Waals surface area (Å²) in [5.41, 5.74) is -0.0157. The number of hydrogen-bond acceptors (Lipinski definition) is 2. The van der Waals surface area contributed by atoms with Crippen LogP contribution in [0.25, 0.3) is 0 Å². The maximum absolute atomic E-state index is 12.6. The molecule has 0 aliphatic heterocycles. The Hall–Kier alpha value is -0.790. The number of ketones is 1. The van der Waals surface area contributed by atoms with Gasteiger partial charge in [-0.2, -0.15) is 0 Å². The molecule has 0 fully saturated rings. The number of carbonyl (C=O) groups excluding carboxylic acids is 1. The van der Waals surface area contributed by atoms with Gasteiger partial charge in [0.2, 0.25) is 0 Å². The molecule has 0 bridgehead atoms. The summed E-state index contributed by atoms with van der Waals surface area (Å²) in [6.45, 7) is 14.1. The Morgan fingerprint density at radius 2 is 1.26 bits per heavy atom. The molecular weight excluding hydrogens is 236 g/mol. The van der Waals surface area contributed by atoms with Gasteiger partial charge in [0, 0.05) is 16.4 Å². The highest BCUT2D eigenvalue weighted by atomic mass is 16.3. The number of Topliss-reactive ketones (excluding diaryl/α,β-unsaturated/α-hetero) is 1. The Morgan fingerprint density at radius 1 is 0.895 bits per heavy atom. The Bertz CT molecular complexity index is 323. The molecule has 0 aliphatic carbocycles. The lowest BCUT2D eigenvalue weighted by molar-refractivity contribution is -0.124. The maximum atomic E-state index is 12.6. The molecule has 0 aromatic heterocycles. The molecule has 2 heteroatoms. The van der Waals surface area contributed by atoms with E-state index in [9.17, 15) is 9.90 Å². The quantitative estimate of drug-likeness (QED) is 0.471. The van der Waals surface area contributed by atoms with E-state index in [2.05, 4.69) is 20.8 Å². The zero-order valence-corrected chi connectivity index (χ0v) is 13.9. The van der Waals surface area contributed by atoms with Gasteiger partial charge in [0.1, 0.15) is 5.76 Å². The van der Waals surface area contributed by atoms with E-state index in [1.54, 1.807) is 6.92 Å². The van der Waals surface area contributed by atoms with Crippen LogP contribution in [0, 0.1) is 10.8 Å². The van der Waals surface area contributed by atoms with Gasteiger partial charge in [-0.25, -0.2) is 0 Å². The molecule has 0 rings (SSSR count). The summed E-state index contributed by atoms with van der Waals surface area (Å²) in [6, 6.07) is 0. The second kappa shape index (κ2) is 7.12. The number of carbonyl (C=O) groups is 1. The van der Waals surface area contributed by atoms with Crippen molar-refractivity contribution in [3.63, 3.8) is 0 Å². The minimum absolute atomic E-state index is 0.106. The summed E-state index contributed by atoms with van der Waals surface area (Å²) in [7, 11) is 0. The van der Waals surface area contributed by atoms with E-state index < -0.39 is 0 Å². The maximum Gasteiger partial charge on any atom is 0.167 e. The molecule has 0 aromatic rings. The molecule has 112 valence electrons. The molecule has 0 heterocycles. The van der Waals surface area contributed by atoms with E-state index in [1.807, 2.05) is 20.8 Å². The minimum atomic E-state index is -0.348. The first-order valence-electron chi connectivity index (χ1n) is 7.73. The van der Waals surface area contributed by atoms with Gasteiger partial charge < -0.3 is 5.11 Å². The lowest BCUT2D eigenvalue weighted by Gasteiger charge is -2.33. The second-order valence-electron chi connectivity index (χ2n) is 5.91. The highest BCUT2D eigenvalue weighted by Gasteiger charge is 2.36. The van der Waals surface area contributed by atoms with Crippen LogP contribution >= 0.6 is 0 Å². The SMILES string of the molecule is CCC(C)(CC)C(=O)/C(C)=C(\O)C(CC)(CC)CC. The molecule has 19 heavy (non-hydrogen) atoms. The lowest BCUT2D eigenvalue weighted by Crippen LogP contribution is -2.31. The minimum Gasteiger partial charge on any atom is -0.511 e. The first-order valence-corrected chi connectivity index (χ1v) is 7.73. The number of allylic oxidation sites excluding steroid dienone is 2. The fourth-order valence-electron chi connectivity index (χ4n) is 2.78. The fraction of sp³-hybridized carbons (Fsp3) is 0.824. The monoisotopic (exact) mass is 268 g/mol. The third-order valence-corrected chi connectivity index (χ3v) is 5.34. The van der Waals surface area contributed by atoms with Crippen molar-refractivity contribution < 1.29 is 9.90 Å². The molecule has 0 atom stereocenters. The number of aliphatic hydroxyl groups is 1. The van der Waals surface area contributed by atoms with Crippen LogP contribution in [0.4, 0.5) is 0 Å². The molecular formula is C17H32O2. The average Bonchev–Trinajstić information content (AvgIpc) is 2.46. The van der Waals surface area contributed by atoms with Gasteiger partial charge in [0.25, 0.3) is 0 Å². The third kappa shape index (κ3) is 3.40. The summed E-state index contributed by atoms with van der Waals surface area (Å²) in [6.07, 6.45) is 4.22. The molecule has 0 unspecified atom stereocenters. The molecule has 0 saturated carbocycles. The van der Waals surface area contributed by atoms with Gasteiger partial charge in [-0.3, -0.25) is 4.79 Å². The zero-order valence-electron chi connectivity index (χ0n) is 13.9. The molecule has 0 radical (unpaired) electrons. The first kappa shape index (κ1) is 18.2. The number of hydrogen-bond donors (Lipinski definition) is 1. The van der Waals surface area contributed by atoms with Crippen LogP contribution in [0.2, 0.25) is 0 Å². The number of rotatable bonds is 8. The second-order valence-corrected chi connectivity index (χ2v) is 5.91. The van der Waals surface area contributed by atoms with Crippen molar-refractivity contribution in [2.24, 2.45) is 10.8 Å². The van der Waals surface area contributed by atoms with Crippen molar-refractivity contribution in [2.45, 2.75) is 80.6 Å². The largest absolute Gasteiger partial charge is 0.511 e. The first-order chi connectivity index (χ1) is 8.78. The van der Waals surface area contributed by atoms with E-state index >= 15 is 0 Å². The van der Waals surface area contributed by atoms with Gasteiger partial charge in [0.05, 0.1) is 0 Å². The van der Waals surface area contributed by atoms with Gasteiger partial charge in [-0.1, -0.05) is 41.5 Å².